The fourth-order valence-electron chi connectivity index (χ4n) is 4.32. The second-order valence-corrected chi connectivity index (χ2v) is 9.50. The van der Waals surface area contributed by atoms with Crippen LogP contribution >= 0.6 is 24.0 Å². The molecular weight excluding hydrogens is 509 g/mol. The predicted molar refractivity (Wildman–Crippen MR) is 121 cm³/mol. The summed E-state index contributed by atoms with van der Waals surface area (Å²) in [6.45, 7) is 3.24. The molecule has 29 heavy (non-hydrogen) atoms. The van der Waals surface area contributed by atoms with Gasteiger partial charge < -0.3 is 10.6 Å². The number of fused-ring (bicyclic) bond motifs is 5. The highest BCUT2D eigenvalue weighted by Gasteiger charge is 2.58. The van der Waals surface area contributed by atoms with Crippen LogP contribution in [0.1, 0.15) is 19.8 Å². The van der Waals surface area contributed by atoms with Gasteiger partial charge >= 0.3 is 0 Å². The molecule has 164 valence electrons. The number of rotatable bonds is 9. The maximum Gasteiger partial charge on any atom is 0.233 e. The van der Waals surface area contributed by atoms with Gasteiger partial charge in [-0.05, 0) is 31.6 Å². The Hall–Kier alpha value is -1.21. The van der Waals surface area contributed by atoms with Gasteiger partial charge in [-0.25, -0.2) is 13.1 Å². The minimum Gasteiger partial charge on any atom is -0.356 e. The third-order valence-corrected chi connectivity index (χ3v) is 7.17. The van der Waals surface area contributed by atoms with Crippen LogP contribution in [0.2, 0.25) is 0 Å². The monoisotopic (exact) mass is 539 g/mol. The molecule has 2 bridgehead atoms. The Labute approximate surface area is 189 Å². The van der Waals surface area contributed by atoms with Crippen molar-refractivity contribution >= 4 is 51.8 Å². The number of likely N-dealkylation sites (tertiary alicyclic amines) is 1. The van der Waals surface area contributed by atoms with Gasteiger partial charge in [-0.3, -0.25) is 19.5 Å². The summed E-state index contributed by atoms with van der Waals surface area (Å²) in [4.78, 5) is 30.7. The predicted octanol–water partition coefficient (Wildman–Crippen LogP) is -0.0941. The molecule has 2 aliphatic carbocycles. The molecule has 0 aromatic carbocycles. The molecule has 3 aliphatic rings. The molecule has 3 N–H and O–H groups in total. The topological polar surface area (TPSA) is 120 Å². The first-order valence-electron chi connectivity index (χ1n) is 9.83. The number of allylic oxidation sites excluding steroid dienone is 2. The summed E-state index contributed by atoms with van der Waals surface area (Å²) in [6.07, 6.45) is 5.72. The van der Waals surface area contributed by atoms with Crippen molar-refractivity contribution in [3.05, 3.63) is 12.2 Å². The lowest BCUT2D eigenvalue weighted by molar-refractivity contribution is -0.140. The summed E-state index contributed by atoms with van der Waals surface area (Å²) in [5.41, 5.74) is 0. The third-order valence-electron chi connectivity index (χ3n) is 5.76. The van der Waals surface area contributed by atoms with Crippen molar-refractivity contribution in [1.29, 1.82) is 0 Å². The number of amides is 2. The Kier molecular flexibility index (Phi) is 8.47. The van der Waals surface area contributed by atoms with E-state index in [0.29, 0.717) is 38.6 Å². The van der Waals surface area contributed by atoms with E-state index in [1.165, 1.54) is 4.90 Å². The molecule has 0 spiro atoms. The van der Waals surface area contributed by atoms with Crippen molar-refractivity contribution in [3.8, 4) is 0 Å². The van der Waals surface area contributed by atoms with E-state index in [0.717, 1.165) is 6.42 Å². The second-order valence-electron chi connectivity index (χ2n) is 7.41. The first kappa shape index (κ1) is 24.1. The molecule has 1 saturated carbocycles. The Balaban J connectivity index is 0.00000300. The molecule has 11 heteroatoms. The van der Waals surface area contributed by atoms with Crippen molar-refractivity contribution in [2.24, 2.45) is 28.7 Å². The first-order chi connectivity index (χ1) is 13.4. The third kappa shape index (κ3) is 5.29. The van der Waals surface area contributed by atoms with Crippen LogP contribution in [0.3, 0.4) is 0 Å². The maximum absolute atomic E-state index is 12.6. The average Bonchev–Trinajstić information content (AvgIpc) is 3.35. The van der Waals surface area contributed by atoms with Gasteiger partial charge in [0.15, 0.2) is 5.96 Å². The molecule has 4 unspecified atom stereocenters. The van der Waals surface area contributed by atoms with E-state index in [1.807, 2.05) is 0 Å². The van der Waals surface area contributed by atoms with Gasteiger partial charge in [0.25, 0.3) is 0 Å². The number of carbonyl (C=O) groups is 2. The summed E-state index contributed by atoms with van der Waals surface area (Å²) in [5, 5.41) is 6.19. The van der Waals surface area contributed by atoms with Crippen LogP contribution < -0.4 is 15.4 Å². The van der Waals surface area contributed by atoms with E-state index in [-0.39, 0.29) is 65.2 Å². The van der Waals surface area contributed by atoms with Crippen LogP contribution in [0.15, 0.2) is 17.1 Å². The Morgan fingerprint density at radius 1 is 1.10 bits per heavy atom. The standard InChI is InChI=1S/C18H29N5O4S.HI/c1-3-28(26,27)22-8-4-7-20-18(19-2)21-9-10-23-16(24)14-12-5-6-13(11-12)15(14)17(23)25;/h5-6,12-15,22H,3-4,7-11H2,1-2H3,(H2,19,20,21);1H. The number of hydrogen-bond donors (Lipinski definition) is 3. The number of hydrogen-bond acceptors (Lipinski definition) is 5. The fraction of sp³-hybridized carbons (Fsp3) is 0.722. The number of nitrogens with zero attached hydrogens (tertiary/aromatic N) is 2. The average molecular weight is 539 g/mol. The lowest BCUT2D eigenvalue weighted by Crippen LogP contribution is -2.44. The zero-order chi connectivity index (χ0) is 20.3. The molecular formula is C18H30IN5O4S. The minimum absolute atomic E-state index is 0. The van der Waals surface area contributed by atoms with Crippen molar-refractivity contribution in [2.75, 3.05) is 39.0 Å². The molecule has 1 heterocycles. The number of aliphatic imine (C=N–C) groups is 1. The summed E-state index contributed by atoms with van der Waals surface area (Å²) < 4.78 is 25.2. The lowest BCUT2D eigenvalue weighted by Gasteiger charge is -2.18. The number of halogens is 1. The van der Waals surface area contributed by atoms with Gasteiger partial charge in [0.1, 0.15) is 0 Å². The number of carbonyl (C=O) groups excluding carboxylic acids is 2. The summed E-state index contributed by atoms with van der Waals surface area (Å²) in [6, 6.07) is 0. The minimum atomic E-state index is -3.17. The Morgan fingerprint density at radius 2 is 1.69 bits per heavy atom. The molecule has 4 atom stereocenters. The van der Waals surface area contributed by atoms with E-state index in [9.17, 15) is 18.0 Å². The number of guanidine groups is 1. The molecule has 1 aliphatic heterocycles. The first-order valence-corrected chi connectivity index (χ1v) is 11.5. The van der Waals surface area contributed by atoms with E-state index in [1.54, 1.807) is 14.0 Å². The molecule has 0 aromatic heterocycles. The van der Waals surface area contributed by atoms with E-state index in [2.05, 4.69) is 32.5 Å². The summed E-state index contributed by atoms with van der Waals surface area (Å²) in [7, 11) is -1.53. The van der Waals surface area contributed by atoms with Gasteiger partial charge in [-0.2, -0.15) is 0 Å². The van der Waals surface area contributed by atoms with Gasteiger partial charge in [0.2, 0.25) is 21.8 Å². The van der Waals surface area contributed by atoms with Crippen LogP contribution in [-0.4, -0.2) is 70.1 Å². The van der Waals surface area contributed by atoms with E-state index < -0.39 is 10.0 Å². The number of nitrogens with one attached hydrogen (secondary N) is 3. The Bertz CT molecular complexity index is 755. The van der Waals surface area contributed by atoms with E-state index >= 15 is 0 Å². The van der Waals surface area contributed by atoms with Crippen molar-refractivity contribution in [2.45, 2.75) is 19.8 Å². The second kappa shape index (κ2) is 10.2. The van der Waals surface area contributed by atoms with Crippen LogP contribution in [-0.2, 0) is 19.6 Å². The number of imide groups is 1. The number of sulfonamides is 1. The van der Waals surface area contributed by atoms with Gasteiger partial charge in [0, 0.05) is 33.2 Å². The molecule has 2 fully saturated rings. The van der Waals surface area contributed by atoms with Gasteiger partial charge in [-0.15, -0.1) is 24.0 Å². The van der Waals surface area contributed by atoms with Crippen LogP contribution in [0.25, 0.3) is 0 Å². The van der Waals surface area contributed by atoms with Crippen molar-refractivity contribution in [1.82, 2.24) is 20.3 Å². The van der Waals surface area contributed by atoms with Crippen molar-refractivity contribution < 1.29 is 18.0 Å². The highest BCUT2D eigenvalue weighted by Crippen LogP contribution is 2.52. The largest absolute Gasteiger partial charge is 0.356 e. The highest BCUT2D eigenvalue weighted by molar-refractivity contribution is 14.0. The van der Waals surface area contributed by atoms with Gasteiger partial charge in [-0.1, -0.05) is 12.2 Å². The van der Waals surface area contributed by atoms with Crippen LogP contribution in [0, 0.1) is 23.7 Å². The Morgan fingerprint density at radius 3 is 2.24 bits per heavy atom. The highest BCUT2D eigenvalue weighted by atomic mass is 127. The smallest absolute Gasteiger partial charge is 0.233 e. The fourth-order valence-corrected chi connectivity index (χ4v) is 4.98. The molecule has 2 amide bonds. The molecule has 1 saturated heterocycles. The maximum atomic E-state index is 12.6. The molecule has 3 rings (SSSR count). The summed E-state index contributed by atoms with van der Waals surface area (Å²) >= 11 is 0. The normalized spacial score (nSPS) is 27.9. The lowest BCUT2D eigenvalue weighted by atomic mass is 9.85. The molecule has 0 radical (unpaired) electrons. The summed E-state index contributed by atoms with van der Waals surface area (Å²) in [5.74, 6) is 0.669. The molecule has 9 nitrogen and oxygen atoms in total. The van der Waals surface area contributed by atoms with Crippen LogP contribution in [0.5, 0.6) is 0 Å². The van der Waals surface area contributed by atoms with Crippen molar-refractivity contribution in [3.63, 3.8) is 0 Å². The quantitative estimate of drug-likeness (QED) is 0.0941. The zero-order valence-electron chi connectivity index (χ0n) is 16.8. The SMILES string of the molecule is CCS(=O)(=O)NCCCNC(=NC)NCCN1C(=O)C2C3C=CC(C3)C2C1=O.I. The van der Waals surface area contributed by atoms with Gasteiger partial charge in [0.05, 0.1) is 17.6 Å². The zero-order valence-corrected chi connectivity index (χ0v) is 19.9. The van der Waals surface area contributed by atoms with E-state index in [4.69, 9.17) is 0 Å². The van der Waals surface area contributed by atoms with Crippen LogP contribution in [0.4, 0.5) is 0 Å². The molecule has 0 aromatic rings.